The van der Waals surface area contributed by atoms with Crippen molar-refractivity contribution in [3.05, 3.63) is 29.8 Å². The zero-order chi connectivity index (χ0) is 13.9. The maximum absolute atomic E-state index is 5.70. The fourth-order valence-electron chi connectivity index (χ4n) is 1.75. The number of methoxy groups -OCH3 is 1. The third-order valence-electron chi connectivity index (χ3n) is 2.54. The minimum atomic E-state index is -0.183. The molecular weight excluding hydrogens is 244 g/mol. The van der Waals surface area contributed by atoms with Gasteiger partial charge in [-0.1, -0.05) is 12.1 Å². The normalized spacial score (nSPS) is 10.9. The Hall–Kier alpha value is -1.10. The Morgan fingerprint density at radius 2 is 1.84 bits per heavy atom. The van der Waals surface area contributed by atoms with E-state index in [0.29, 0.717) is 26.4 Å². The molecule has 0 heterocycles. The fraction of sp³-hybridized carbons (Fsp3) is 0.600. The third-order valence-corrected chi connectivity index (χ3v) is 2.54. The van der Waals surface area contributed by atoms with E-state index in [4.69, 9.17) is 18.9 Å². The molecule has 0 aliphatic rings. The second-order valence-corrected chi connectivity index (χ2v) is 4.06. The highest BCUT2D eigenvalue weighted by molar-refractivity contribution is 5.28. The van der Waals surface area contributed by atoms with E-state index in [-0.39, 0.29) is 6.29 Å². The molecule has 1 aromatic carbocycles. The zero-order valence-electron chi connectivity index (χ0n) is 12.1. The molecule has 0 spiro atoms. The molecule has 1 rings (SSSR count). The number of hydrogen-bond acceptors (Lipinski definition) is 4. The summed E-state index contributed by atoms with van der Waals surface area (Å²) >= 11 is 0. The van der Waals surface area contributed by atoms with E-state index >= 15 is 0 Å². The Morgan fingerprint density at radius 3 is 2.47 bits per heavy atom. The van der Waals surface area contributed by atoms with Crippen LogP contribution >= 0.6 is 0 Å². The summed E-state index contributed by atoms with van der Waals surface area (Å²) in [6.45, 7) is 6.38. The van der Waals surface area contributed by atoms with Gasteiger partial charge in [0.25, 0.3) is 0 Å². The van der Waals surface area contributed by atoms with Gasteiger partial charge in [0.05, 0.1) is 13.2 Å². The smallest absolute Gasteiger partial charge is 0.160 e. The molecule has 0 fully saturated rings. The van der Waals surface area contributed by atoms with Gasteiger partial charge in [-0.15, -0.1) is 0 Å². The summed E-state index contributed by atoms with van der Waals surface area (Å²) < 4.78 is 21.7. The van der Waals surface area contributed by atoms with Gasteiger partial charge in [-0.25, -0.2) is 0 Å². The average Bonchev–Trinajstić information content (AvgIpc) is 2.40. The Balaban J connectivity index is 2.36. The van der Waals surface area contributed by atoms with Crippen LogP contribution in [0.15, 0.2) is 24.3 Å². The summed E-state index contributed by atoms with van der Waals surface area (Å²) in [5.41, 5.74) is 1.10. The topological polar surface area (TPSA) is 36.9 Å². The van der Waals surface area contributed by atoms with Crippen molar-refractivity contribution in [2.75, 3.05) is 26.9 Å². The first-order chi connectivity index (χ1) is 9.30. The fourth-order valence-corrected chi connectivity index (χ4v) is 1.75. The van der Waals surface area contributed by atoms with Gasteiger partial charge in [0.15, 0.2) is 6.29 Å². The predicted molar refractivity (Wildman–Crippen MR) is 74.3 cm³/mol. The summed E-state index contributed by atoms with van der Waals surface area (Å²) in [4.78, 5) is 0. The maximum Gasteiger partial charge on any atom is 0.160 e. The van der Waals surface area contributed by atoms with Gasteiger partial charge in [0.2, 0.25) is 0 Å². The van der Waals surface area contributed by atoms with Crippen LogP contribution in [0.5, 0.6) is 5.75 Å². The molecule has 0 aliphatic heterocycles. The van der Waals surface area contributed by atoms with Crippen LogP contribution in [0.1, 0.15) is 25.8 Å². The Bertz CT molecular complexity index is 335. The Kier molecular flexibility index (Phi) is 8.21. The quantitative estimate of drug-likeness (QED) is 0.611. The second-order valence-electron chi connectivity index (χ2n) is 4.06. The first-order valence-corrected chi connectivity index (χ1v) is 6.74. The third kappa shape index (κ3) is 6.57. The molecular formula is C15H24O4. The van der Waals surface area contributed by atoms with E-state index in [1.54, 1.807) is 7.11 Å². The summed E-state index contributed by atoms with van der Waals surface area (Å²) in [7, 11) is 1.68. The van der Waals surface area contributed by atoms with Crippen molar-refractivity contribution in [3.8, 4) is 5.75 Å². The Morgan fingerprint density at radius 1 is 1.11 bits per heavy atom. The molecule has 0 saturated heterocycles. The van der Waals surface area contributed by atoms with Crippen LogP contribution < -0.4 is 4.74 Å². The van der Waals surface area contributed by atoms with Crippen molar-refractivity contribution in [3.63, 3.8) is 0 Å². The van der Waals surface area contributed by atoms with Gasteiger partial charge in [-0.3, -0.25) is 0 Å². The van der Waals surface area contributed by atoms with Crippen LogP contribution in [0.3, 0.4) is 0 Å². The van der Waals surface area contributed by atoms with E-state index in [0.717, 1.165) is 17.7 Å². The van der Waals surface area contributed by atoms with E-state index < -0.39 is 0 Å². The van der Waals surface area contributed by atoms with E-state index in [1.165, 1.54) is 0 Å². The first-order valence-electron chi connectivity index (χ1n) is 6.74. The Labute approximate surface area is 115 Å². The molecule has 0 radical (unpaired) electrons. The van der Waals surface area contributed by atoms with Crippen LogP contribution in [0.4, 0.5) is 0 Å². The highest BCUT2D eigenvalue weighted by Crippen LogP contribution is 2.14. The lowest BCUT2D eigenvalue weighted by molar-refractivity contribution is -0.142. The molecule has 19 heavy (non-hydrogen) atoms. The van der Waals surface area contributed by atoms with Crippen LogP contribution in [-0.2, 0) is 20.8 Å². The molecule has 4 nitrogen and oxygen atoms in total. The molecule has 0 amide bonds. The minimum Gasteiger partial charge on any atom is -0.493 e. The van der Waals surface area contributed by atoms with Gasteiger partial charge < -0.3 is 18.9 Å². The van der Waals surface area contributed by atoms with E-state index in [1.807, 2.05) is 38.1 Å². The monoisotopic (exact) mass is 268 g/mol. The summed E-state index contributed by atoms with van der Waals surface area (Å²) in [6.07, 6.45) is 0.535. The van der Waals surface area contributed by atoms with Crippen molar-refractivity contribution >= 4 is 0 Å². The van der Waals surface area contributed by atoms with E-state index in [9.17, 15) is 0 Å². The molecule has 0 bridgehead atoms. The van der Waals surface area contributed by atoms with Crippen LogP contribution in [-0.4, -0.2) is 33.2 Å². The molecule has 0 saturated carbocycles. The molecule has 0 aromatic heterocycles. The summed E-state index contributed by atoms with van der Waals surface area (Å²) in [5.74, 6) is 0.848. The standard InChI is InChI=1S/C15H24O4/c1-4-17-15(18-5-2)9-10-19-14-8-6-7-13(11-14)12-16-3/h6-8,11,15H,4-5,9-10,12H2,1-3H3. The van der Waals surface area contributed by atoms with Crippen molar-refractivity contribution < 1.29 is 18.9 Å². The average molecular weight is 268 g/mol. The molecule has 1 aromatic rings. The van der Waals surface area contributed by atoms with Crippen molar-refractivity contribution in [2.24, 2.45) is 0 Å². The number of benzene rings is 1. The van der Waals surface area contributed by atoms with Gasteiger partial charge in [0.1, 0.15) is 5.75 Å². The predicted octanol–water partition coefficient (Wildman–Crippen LogP) is 3.00. The van der Waals surface area contributed by atoms with Gasteiger partial charge in [-0.05, 0) is 31.5 Å². The molecule has 0 aliphatic carbocycles. The van der Waals surface area contributed by atoms with E-state index in [2.05, 4.69) is 0 Å². The van der Waals surface area contributed by atoms with Gasteiger partial charge in [-0.2, -0.15) is 0 Å². The van der Waals surface area contributed by atoms with Gasteiger partial charge >= 0.3 is 0 Å². The van der Waals surface area contributed by atoms with Crippen molar-refractivity contribution in [1.82, 2.24) is 0 Å². The lowest BCUT2D eigenvalue weighted by Crippen LogP contribution is -2.20. The van der Waals surface area contributed by atoms with Gasteiger partial charge in [0, 0.05) is 26.7 Å². The molecule has 0 N–H and O–H groups in total. The first kappa shape index (κ1) is 16.0. The van der Waals surface area contributed by atoms with Crippen LogP contribution in [0.25, 0.3) is 0 Å². The number of hydrogen-bond donors (Lipinski definition) is 0. The number of ether oxygens (including phenoxy) is 4. The SMILES string of the molecule is CCOC(CCOc1cccc(COC)c1)OCC. The van der Waals surface area contributed by atoms with Crippen molar-refractivity contribution in [2.45, 2.75) is 33.2 Å². The lowest BCUT2D eigenvalue weighted by Gasteiger charge is -2.17. The van der Waals surface area contributed by atoms with Crippen LogP contribution in [0, 0.1) is 0 Å². The molecule has 0 unspecified atom stereocenters. The minimum absolute atomic E-state index is 0.183. The summed E-state index contributed by atoms with van der Waals surface area (Å²) in [5, 5.41) is 0. The van der Waals surface area contributed by atoms with Crippen molar-refractivity contribution in [1.29, 1.82) is 0 Å². The maximum atomic E-state index is 5.70. The summed E-state index contributed by atoms with van der Waals surface area (Å²) in [6, 6.07) is 7.90. The molecule has 108 valence electrons. The zero-order valence-corrected chi connectivity index (χ0v) is 12.1. The highest BCUT2D eigenvalue weighted by Gasteiger charge is 2.08. The number of rotatable bonds is 10. The lowest BCUT2D eigenvalue weighted by atomic mass is 10.2. The van der Waals surface area contributed by atoms with Crippen LogP contribution in [0.2, 0.25) is 0 Å². The second kappa shape index (κ2) is 9.78. The molecule has 0 atom stereocenters. The molecule has 4 heteroatoms. The highest BCUT2D eigenvalue weighted by atomic mass is 16.7. The largest absolute Gasteiger partial charge is 0.493 e.